The summed E-state index contributed by atoms with van der Waals surface area (Å²) in [5, 5.41) is 11.3. The zero-order valence-electron chi connectivity index (χ0n) is 9.98. The minimum absolute atomic E-state index is 0.0246. The summed E-state index contributed by atoms with van der Waals surface area (Å²) in [4.78, 5) is 14.6. The van der Waals surface area contributed by atoms with Crippen molar-refractivity contribution in [1.29, 1.82) is 5.26 Å². The third kappa shape index (κ3) is 2.20. The second kappa shape index (κ2) is 4.89. The van der Waals surface area contributed by atoms with Crippen molar-refractivity contribution in [3.05, 3.63) is 22.4 Å². The lowest BCUT2D eigenvalue weighted by atomic mass is 9.81. The summed E-state index contributed by atoms with van der Waals surface area (Å²) >= 11 is 1.43. The first-order valence-electron chi connectivity index (χ1n) is 5.92. The molecule has 0 spiro atoms. The minimum Gasteiger partial charge on any atom is -0.322 e. The normalized spacial score (nSPS) is 18.4. The maximum Gasteiger partial charge on any atom is 0.264 e. The van der Waals surface area contributed by atoms with E-state index in [0.29, 0.717) is 4.88 Å². The largest absolute Gasteiger partial charge is 0.322 e. The van der Waals surface area contributed by atoms with Crippen LogP contribution in [0, 0.1) is 11.3 Å². The summed E-state index contributed by atoms with van der Waals surface area (Å²) in [6.07, 6.45) is 4.85. The van der Waals surface area contributed by atoms with Gasteiger partial charge in [-0.3, -0.25) is 4.79 Å². The molecule has 1 fully saturated rings. The van der Waals surface area contributed by atoms with Gasteiger partial charge < -0.3 is 4.90 Å². The molecule has 0 atom stereocenters. The van der Waals surface area contributed by atoms with Crippen LogP contribution >= 0.6 is 11.3 Å². The molecule has 0 aliphatic heterocycles. The number of carbonyl (C=O) groups is 1. The highest BCUT2D eigenvalue weighted by atomic mass is 32.1. The first-order chi connectivity index (χ1) is 8.19. The number of amides is 1. The minimum atomic E-state index is -0.584. The highest BCUT2D eigenvalue weighted by Crippen LogP contribution is 2.33. The zero-order chi connectivity index (χ0) is 12.3. The van der Waals surface area contributed by atoms with Crippen molar-refractivity contribution in [2.24, 2.45) is 0 Å². The Morgan fingerprint density at radius 3 is 2.71 bits per heavy atom. The molecule has 0 saturated heterocycles. The van der Waals surface area contributed by atoms with Crippen molar-refractivity contribution < 1.29 is 4.79 Å². The van der Waals surface area contributed by atoms with Crippen molar-refractivity contribution in [3.63, 3.8) is 0 Å². The predicted molar refractivity (Wildman–Crippen MR) is 67.8 cm³/mol. The molecule has 0 unspecified atom stereocenters. The first-order valence-corrected chi connectivity index (χ1v) is 6.80. The standard InChI is InChI=1S/C13H16N2OS/c1-15(12(16)11-6-5-9-17-11)13(10-14)7-3-2-4-8-13/h5-6,9H,2-4,7-8H2,1H3. The molecule has 3 nitrogen and oxygen atoms in total. The molecule has 17 heavy (non-hydrogen) atoms. The van der Waals surface area contributed by atoms with E-state index in [2.05, 4.69) is 6.07 Å². The fourth-order valence-corrected chi connectivity index (χ4v) is 3.12. The van der Waals surface area contributed by atoms with E-state index < -0.39 is 5.54 Å². The smallest absolute Gasteiger partial charge is 0.264 e. The molecule has 1 heterocycles. The first kappa shape index (κ1) is 12.1. The van der Waals surface area contributed by atoms with E-state index in [1.54, 1.807) is 11.9 Å². The summed E-state index contributed by atoms with van der Waals surface area (Å²) in [5.41, 5.74) is -0.584. The van der Waals surface area contributed by atoms with E-state index in [1.165, 1.54) is 17.8 Å². The lowest BCUT2D eigenvalue weighted by Crippen LogP contribution is -2.49. The van der Waals surface area contributed by atoms with Crippen LogP contribution in [0.1, 0.15) is 41.8 Å². The van der Waals surface area contributed by atoms with Gasteiger partial charge in [0.1, 0.15) is 5.54 Å². The van der Waals surface area contributed by atoms with Crippen molar-refractivity contribution >= 4 is 17.2 Å². The van der Waals surface area contributed by atoms with Crippen LogP contribution in [0.2, 0.25) is 0 Å². The van der Waals surface area contributed by atoms with Gasteiger partial charge in [-0.25, -0.2) is 0 Å². The lowest BCUT2D eigenvalue weighted by Gasteiger charge is -2.38. The summed E-state index contributed by atoms with van der Waals surface area (Å²) in [7, 11) is 1.76. The Kier molecular flexibility index (Phi) is 3.49. The number of nitriles is 1. The molecule has 1 aromatic heterocycles. The van der Waals surface area contributed by atoms with Crippen molar-refractivity contribution in [3.8, 4) is 6.07 Å². The molecule has 2 rings (SSSR count). The summed E-state index contributed by atoms with van der Waals surface area (Å²) < 4.78 is 0. The van der Waals surface area contributed by atoms with E-state index in [0.717, 1.165) is 25.7 Å². The van der Waals surface area contributed by atoms with Crippen LogP contribution in [0.4, 0.5) is 0 Å². The van der Waals surface area contributed by atoms with Gasteiger partial charge in [-0.05, 0) is 24.3 Å². The molecule has 1 aliphatic rings. The molecule has 0 bridgehead atoms. The van der Waals surface area contributed by atoms with Crippen molar-refractivity contribution in [2.45, 2.75) is 37.6 Å². The van der Waals surface area contributed by atoms with E-state index in [9.17, 15) is 10.1 Å². The van der Waals surface area contributed by atoms with Crippen molar-refractivity contribution in [2.75, 3.05) is 7.05 Å². The number of thiophene rings is 1. The van der Waals surface area contributed by atoms with Gasteiger partial charge in [0.2, 0.25) is 0 Å². The molecular weight excluding hydrogens is 232 g/mol. The number of rotatable bonds is 2. The second-order valence-corrected chi connectivity index (χ2v) is 5.49. The Labute approximate surface area is 106 Å². The fourth-order valence-electron chi connectivity index (χ4n) is 2.42. The maximum atomic E-state index is 12.3. The Hall–Kier alpha value is -1.34. The molecule has 1 saturated carbocycles. The SMILES string of the molecule is CN(C(=O)c1cccs1)C1(C#N)CCCCC1. The average Bonchev–Trinajstić information content (AvgIpc) is 2.91. The van der Waals surface area contributed by atoms with E-state index in [-0.39, 0.29) is 5.91 Å². The highest BCUT2D eigenvalue weighted by molar-refractivity contribution is 7.12. The number of nitrogens with zero attached hydrogens (tertiary/aromatic N) is 2. The predicted octanol–water partition coefficient (Wildman–Crippen LogP) is 3.05. The Morgan fingerprint density at radius 2 is 2.18 bits per heavy atom. The number of carbonyl (C=O) groups excluding carboxylic acids is 1. The average molecular weight is 248 g/mol. The van der Waals surface area contributed by atoms with Crippen LogP contribution in [0.3, 0.4) is 0 Å². The van der Waals surface area contributed by atoms with E-state index in [1.807, 2.05) is 17.5 Å². The molecule has 1 amide bonds. The summed E-state index contributed by atoms with van der Waals surface area (Å²) in [6.45, 7) is 0. The Balaban J connectivity index is 2.20. The third-order valence-corrected chi connectivity index (χ3v) is 4.43. The Morgan fingerprint density at radius 1 is 1.47 bits per heavy atom. The molecule has 1 aliphatic carbocycles. The van der Waals surface area contributed by atoms with Crippen LogP contribution in [0.15, 0.2) is 17.5 Å². The molecular formula is C13H16N2OS. The van der Waals surface area contributed by atoms with Crippen molar-refractivity contribution in [1.82, 2.24) is 4.90 Å². The molecule has 90 valence electrons. The lowest BCUT2D eigenvalue weighted by molar-refractivity contribution is 0.0594. The molecule has 0 aromatic carbocycles. The van der Waals surface area contributed by atoms with Gasteiger partial charge in [0, 0.05) is 7.05 Å². The van der Waals surface area contributed by atoms with Gasteiger partial charge in [0.05, 0.1) is 10.9 Å². The second-order valence-electron chi connectivity index (χ2n) is 4.55. The van der Waals surface area contributed by atoms with Crippen LogP contribution in [0.25, 0.3) is 0 Å². The molecule has 0 N–H and O–H groups in total. The molecule has 0 radical (unpaired) electrons. The van der Waals surface area contributed by atoms with Crippen LogP contribution < -0.4 is 0 Å². The van der Waals surface area contributed by atoms with Gasteiger partial charge >= 0.3 is 0 Å². The highest BCUT2D eigenvalue weighted by Gasteiger charge is 2.39. The summed E-state index contributed by atoms with van der Waals surface area (Å²) in [6, 6.07) is 6.05. The summed E-state index contributed by atoms with van der Waals surface area (Å²) in [5.74, 6) is -0.0246. The van der Waals surface area contributed by atoms with E-state index >= 15 is 0 Å². The number of hydrogen-bond acceptors (Lipinski definition) is 3. The van der Waals surface area contributed by atoms with Crippen LogP contribution in [-0.4, -0.2) is 23.4 Å². The van der Waals surface area contributed by atoms with Crippen LogP contribution in [0.5, 0.6) is 0 Å². The van der Waals surface area contributed by atoms with Crippen LogP contribution in [-0.2, 0) is 0 Å². The van der Waals surface area contributed by atoms with E-state index in [4.69, 9.17) is 0 Å². The van der Waals surface area contributed by atoms with Gasteiger partial charge in [-0.1, -0.05) is 25.3 Å². The quantitative estimate of drug-likeness (QED) is 0.807. The molecule has 1 aromatic rings. The van der Waals surface area contributed by atoms with Gasteiger partial charge in [0.15, 0.2) is 0 Å². The monoisotopic (exact) mass is 248 g/mol. The van der Waals surface area contributed by atoms with Gasteiger partial charge in [0.25, 0.3) is 5.91 Å². The topological polar surface area (TPSA) is 44.1 Å². The maximum absolute atomic E-state index is 12.3. The fraction of sp³-hybridized carbons (Fsp3) is 0.538. The number of hydrogen-bond donors (Lipinski definition) is 0. The van der Waals surface area contributed by atoms with Gasteiger partial charge in [-0.15, -0.1) is 11.3 Å². The Bertz CT molecular complexity index is 427. The third-order valence-electron chi connectivity index (χ3n) is 3.57. The molecule has 4 heteroatoms. The van der Waals surface area contributed by atoms with Gasteiger partial charge in [-0.2, -0.15) is 5.26 Å². The zero-order valence-corrected chi connectivity index (χ0v) is 10.8.